The van der Waals surface area contributed by atoms with Crippen LogP contribution in [0.5, 0.6) is 0 Å². The van der Waals surface area contributed by atoms with E-state index >= 15 is 0 Å². The van der Waals surface area contributed by atoms with Gasteiger partial charge in [-0.3, -0.25) is 0 Å². The molecule has 0 bridgehead atoms. The summed E-state index contributed by atoms with van der Waals surface area (Å²) in [5.74, 6) is 3.10. The van der Waals surface area contributed by atoms with Crippen LogP contribution in [0, 0.1) is 28.6 Å². The van der Waals surface area contributed by atoms with Crippen molar-refractivity contribution in [2.75, 3.05) is 0 Å². The van der Waals surface area contributed by atoms with Gasteiger partial charge in [0, 0.05) is 11.8 Å². The average molecular weight is 396 g/mol. The van der Waals surface area contributed by atoms with Crippen molar-refractivity contribution >= 4 is 0 Å². The van der Waals surface area contributed by atoms with Crippen molar-refractivity contribution in [3.8, 4) is 11.8 Å². The number of alkyl halides is 6. The second-order valence-corrected chi connectivity index (χ2v) is 8.30. The van der Waals surface area contributed by atoms with Gasteiger partial charge in [0.1, 0.15) is 0 Å². The van der Waals surface area contributed by atoms with Crippen LogP contribution < -0.4 is 0 Å². The summed E-state index contributed by atoms with van der Waals surface area (Å²) in [6, 6.07) is 0. The number of hydrogen-bond donors (Lipinski definition) is 2. The Bertz CT molecular complexity index is 678. The van der Waals surface area contributed by atoms with Crippen molar-refractivity contribution in [1.29, 1.82) is 0 Å². The minimum Gasteiger partial charge on any atom is -0.393 e. The monoisotopic (exact) mass is 396 g/mol. The van der Waals surface area contributed by atoms with E-state index in [0.717, 1.165) is 24.3 Å². The predicted molar refractivity (Wildman–Crippen MR) is 85.3 cm³/mol. The number of allylic oxidation sites excluding steroid dienone is 2. The van der Waals surface area contributed by atoms with E-state index in [1.807, 2.05) is 18.9 Å². The second-order valence-electron chi connectivity index (χ2n) is 8.30. The second kappa shape index (κ2) is 6.15. The highest BCUT2D eigenvalue weighted by Gasteiger charge is 2.70. The summed E-state index contributed by atoms with van der Waals surface area (Å²) in [6.45, 7) is 2.02. The third-order valence-electron chi connectivity index (χ3n) is 6.61. The van der Waals surface area contributed by atoms with E-state index in [-0.39, 0.29) is 17.8 Å². The van der Waals surface area contributed by atoms with E-state index in [9.17, 15) is 31.4 Å². The van der Waals surface area contributed by atoms with Crippen LogP contribution in [-0.2, 0) is 0 Å². The lowest BCUT2D eigenvalue weighted by Gasteiger charge is -2.44. The molecule has 3 rings (SSSR count). The maximum Gasteiger partial charge on any atom is 0.438 e. The molecule has 27 heavy (non-hydrogen) atoms. The highest BCUT2D eigenvalue weighted by Crippen LogP contribution is 2.66. The minimum absolute atomic E-state index is 0.0361. The van der Waals surface area contributed by atoms with Gasteiger partial charge in [-0.2, -0.15) is 26.3 Å². The molecule has 2 N–H and O–H groups in total. The van der Waals surface area contributed by atoms with Gasteiger partial charge in [0.2, 0.25) is 0 Å². The SMILES string of the molecule is C[C@]12CCC[C@H](O)[C@@H]1CC=C2C1(CC#CC(O)(C(F)(F)F)C(F)(F)F)CC1. The van der Waals surface area contributed by atoms with E-state index < -0.39 is 29.5 Å². The van der Waals surface area contributed by atoms with Gasteiger partial charge >= 0.3 is 18.0 Å². The topological polar surface area (TPSA) is 40.5 Å². The van der Waals surface area contributed by atoms with Crippen LogP contribution in [0.25, 0.3) is 0 Å². The van der Waals surface area contributed by atoms with Gasteiger partial charge in [-0.15, -0.1) is 0 Å². The molecule has 0 aromatic rings. The molecule has 2 nitrogen and oxygen atoms in total. The average Bonchev–Trinajstić information content (AvgIpc) is 3.19. The fraction of sp³-hybridized carbons (Fsp3) is 0.789. The van der Waals surface area contributed by atoms with E-state index in [1.54, 1.807) is 0 Å². The summed E-state index contributed by atoms with van der Waals surface area (Å²) < 4.78 is 76.5. The lowest BCUT2D eigenvalue weighted by Crippen LogP contribution is -2.55. The van der Waals surface area contributed by atoms with E-state index in [0.29, 0.717) is 25.7 Å². The third kappa shape index (κ3) is 3.17. The quantitative estimate of drug-likeness (QED) is 0.410. The number of fused-ring (bicyclic) bond motifs is 1. The molecule has 0 saturated heterocycles. The molecule has 0 aromatic carbocycles. The summed E-state index contributed by atoms with van der Waals surface area (Å²) in [4.78, 5) is 0. The number of aliphatic hydroxyl groups is 2. The molecule has 8 heteroatoms. The first-order valence-electron chi connectivity index (χ1n) is 9.02. The smallest absolute Gasteiger partial charge is 0.393 e. The van der Waals surface area contributed by atoms with Crippen LogP contribution in [0.4, 0.5) is 26.3 Å². The zero-order valence-corrected chi connectivity index (χ0v) is 14.8. The molecule has 0 aromatic heterocycles. The third-order valence-corrected chi connectivity index (χ3v) is 6.61. The number of aliphatic hydroxyl groups excluding tert-OH is 1. The summed E-state index contributed by atoms with van der Waals surface area (Å²) >= 11 is 0. The molecule has 0 radical (unpaired) electrons. The van der Waals surface area contributed by atoms with Crippen molar-refractivity contribution in [2.24, 2.45) is 16.7 Å². The van der Waals surface area contributed by atoms with Crippen LogP contribution in [0.15, 0.2) is 11.6 Å². The van der Waals surface area contributed by atoms with Crippen LogP contribution in [-0.4, -0.2) is 34.3 Å². The lowest BCUT2D eigenvalue weighted by atomic mass is 9.62. The van der Waals surface area contributed by atoms with Crippen LogP contribution in [0.3, 0.4) is 0 Å². The maximum atomic E-state index is 12.8. The van der Waals surface area contributed by atoms with Crippen molar-refractivity contribution in [2.45, 2.75) is 75.9 Å². The summed E-state index contributed by atoms with van der Waals surface area (Å²) in [7, 11) is 0. The van der Waals surface area contributed by atoms with Gasteiger partial charge in [-0.25, -0.2) is 0 Å². The first kappa shape index (κ1) is 20.5. The first-order valence-corrected chi connectivity index (χ1v) is 9.02. The highest BCUT2D eigenvalue weighted by molar-refractivity contribution is 5.37. The molecule has 3 atom stereocenters. The van der Waals surface area contributed by atoms with E-state index in [4.69, 9.17) is 5.11 Å². The Morgan fingerprint density at radius 2 is 1.70 bits per heavy atom. The van der Waals surface area contributed by atoms with Gasteiger partial charge in [0.05, 0.1) is 6.10 Å². The molecule has 2 fully saturated rings. The zero-order chi connectivity index (χ0) is 20.3. The van der Waals surface area contributed by atoms with Gasteiger partial charge < -0.3 is 10.2 Å². The Kier molecular flexibility index (Phi) is 4.68. The fourth-order valence-electron chi connectivity index (χ4n) is 4.88. The number of rotatable bonds is 2. The molecule has 0 amide bonds. The molecule has 2 saturated carbocycles. The van der Waals surface area contributed by atoms with Crippen molar-refractivity contribution in [3.05, 3.63) is 11.6 Å². The normalized spacial score (nSPS) is 33.0. The van der Waals surface area contributed by atoms with E-state index in [2.05, 4.69) is 0 Å². The fourth-order valence-corrected chi connectivity index (χ4v) is 4.88. The van der Waals surface area contributed by atoms with Crippen LogP contribution >= 0.6 is 0 Å². The molecule has 0 spiro atoms. The summed E-state index contributed by atoms with van der Waals surface area (Å²) in [5.41, 5.74) is -4.84. The standard InChI is InChI=1S/C19H22F6O2/c1-15-7-2-4-13(26)12(15)5-6-14(15)16(10-11-16)8-3-9-17(27,18(20,21)22)19(23,24)25/h6,12-13,26-27H,2,4-5,7-8,10-11H2,1H3/t12-,13-,15-/m0/s1. The lowest BCUT2D eigenvalue weighted by molar-refractivity contribution is -0.343. The Morgan fingerprint density at radius 1 is 1.11 bits per heavy atom. The molecule has 3 aliphatic rings. The highest BCUT2D eigenvalue weighted by atomic mass is 19.4. The number of halogens is 6. The molecule has 0 aliphatic heterocycles. The Hall–Kier alpha value is -1.20. The van der Waals surface area contributed by atoms with Crippen molar-refractivity contribution < 1.29 is 36.6 Å². The zero-order valence-electron chi connectivity index (χ0n) is 14.8. The molecular formula is C19H22F6O2. The largest absolute Gasteiger partial charge is 0.438 e. The van der Waals surface area contributed by atoms with Crippen molar-refractivity contribution in [1.82, 2.24) is 0 Å². The first-order chi connectivity index (χ1) is 12.3. The Labute approximate surface area is 153 Å². The van der Waals surface area contributed by atoms with Gasteiger partial charge in [-0.1, -0.05) is 24.5 Å². The van der Waals surface area contributed by atoms with E-state index in [1.165, 1.54) is 0 Å². The molecule has 152 valence electrons. The Balaban J connectivity index is 1.83. The van der Waals surface area contributed by atoms with Crippen LogP contribution in [0.2, 0.25) is 0 Å². The minimum atomic E-state index is -5.92. The van der Waals surface area contributed by atoms with Gasteiger partial charge in [0.25, 0.3) is 0 Å². The Morgan fingerprint density at radius 3 is 2.22 bits per heavy atom. The van der Waals surface area contributed by atoms with Gasteiger partial charge in [0.15, 0.2) is 0 Å². The van der Waals surface area contributed by atoms with Crippen LogP contribution in [0.1, 0.15) is 51.9 Å². The molecule has 0 unspecified atom stereocenters. The molecule has 0 heterocycles. The molecular weight excluding hydrogens is 374 g/mol. The molecule has 3 aliphatic carbocycles. The number of hydrogen-bond acceptors (Lipinski definition) is 2. The summed E-state index contributed by atoms with van der Waals surface area (Å²) in [5, 5.41) is 19.4. The predicted octanol–water partition coefficient (Wildman–Crippen LogP) is 4.51. The summed E-state index contributed by atoms with van der Waals surface area (Å²) in [6.07, 6.45) is -6.14. The van der Waals surface area contributed by atoms with Crippen molar-refractivity contribution in [3.63, 3.8) is 0 Å². The van der Waals surface area contributed by atoms with Gasteiger partial charge in [-0.05, 0) is 55.8 Å². The maximum absolute atomic E-state index is 12.8.